The second kappa shape index (κ2) is 5.30. The number of hydrogen-bond acceptors (Lipinski definition) is 3. The lowest BCUT2D eigenvalue weighted by Gasteiger charge is -2.17. The monoisotopic (exact) mass is 291 g/mol. The van der Waals surface area contributed by atoms with Crippen molar-refractivity contribution in [2.45, 2.75) is 12.8 Å². The number of aromatic amines is 1. The predicted octanol–water partition coefficient (Wildman–Crippen LogP) is 3.19. The number of benzene rings is 2. The minimum atomic E-state index is -0.0788. The van der Waals surface area contributed by atoms with E-state index in [0.717, 1.165) is 29.9 Å². The predicted molar refractivity (Wildman–Crippen MR) is 89.2 cm³/mol. The molecular weight excluding hydrogens is 274 g/mol. The Morgan fingerprint density at radius 1 is 1.00 bits per heavy atom. The van der Waals surface area contributed by atoms with Crippen molar-refractivity contribution < 1.29 is 0 Å². The normalized spacial score (nSPS) is 14.6. The van der Waals surface area contributed by atoms with Crippen molar-refractivity contribution in [2.75, 3.05) is 18.0 Å². The Morgan fingerprint density at radius 3 is 2.55 bits per heavy atom. The van der Waals surface area contributed by atoms with Gasteiger partial charge in [-0.1, -0.05) is 30.3 Å². The van der Waals surface area contributed by atoms with Crippen molar-refractivity contribution in [1.29, 1.82) is 0 Å². The highest BCUT2D eigenvalue weighted by atomic mass is 16.1. The molecule has 22 heavy (non-hydrogen) atoms. The van der Waals surface area contributed by atoms with Crippen molar-refractivity contribution in [3.63, 3.8) is 0 Å². The summed E-state index contributed by atoms with van der Waals surface area (Å²) in [6.45, 7) is 2.14. The van der Waals surface area contributed by atoms with Gasteiger partial charge in [0, 0.05) is 24.3 Å². The van der Waals surface area contributed by atoms with E-state index in [1.54, 1.807) is 0 Å². The molecule has 2 heterocycles. The molecule has 4 heteroatoms. The average Bonchev–Trinajstić information content (AvgIpc) is 3.10. The second-order valence-corrected chi connectivity index (χ2v) is 5.68. The van der Waals surface area contributed by atoms with Crippen LogP contribution >= 0.6 is 0 Å². The summed E-state index contributed by atoms with van der Waals surface area (Å²) in [4.78, 5) is 22.2. The molecule has 1 saturated heterocycles. The molecule has 1 aromatic heterocycles. The van der Waals surface area contributed by atoms with Crippen LogP contribution in [0.2, 0.25) is 0 Å². The molecule has 0 bridgehead atoms. The summed E-state index contributed by atoms with van der Waals surface area (Å²) in [5, 5.41) is 0.657. The van der Waals surface area contributed by atoms with E-state index in [0.29, 0.717) is 11.2 Å². The molecule has 0 saturated carbocycles. The van der Waals surface area contributed by atoms with Crippen LogP contribution in [0, 0.1) is 0 Å². The van der Waals surface area contributed by atoms with Gasteiger partial charge >= 0.3 is 0 Å². The summed E-state index contributed by atoms with van der Waals surface area (Å²) in [5.74, 6) is 0.618. The van der Waals surface area contributed by atoms with Crippen LogP contribution < -0.4 is 10.5 Å². The maximum Gasteiger partial charge on any atom is 0.259 e. The molecule has 3 aromatic rings. The van der Waals surface area contributed by atoms with Crippen LogP contribution in [0.5, 0.6) is 0 Å². The number of hydrogen-bond donors (Lipinski definition) is 1. The molecule has 4 rings (SSSR count). The zero-order valence-corrected chi connectivity index (χ0v) is 12.2. The summed E-state index contributed by atoms with van der Waals surface area (Å²) >= 11 is 0. The van der Waals surface area contributed by atoms with Crippen molar-refractivity contribution in [3.05, 3.63) is 58.9 Å². The molecule has 0 radical (unpaired) electrons. The van der Waals surface area contributed by atoms with Gasteiger partial charge < -0.3 is 9.88 Å². The molecule has 0 aliphatic carbocycles. The fourth-order valence-electron chi connectivity index (χ4n) is 3.03. The summed E-state index contributed by atoms with van der Waals surface area (Å²) in [6.07, 6.45) is 2.44. The second-order valence-electron chi connectivity index (χ2n) is 5.68. The first-order chi connectivity index (χ1) is 10.8. The van der Waals surface area contributed by atoms with Gasteiger partial charge in [-0.2, -0.15) is 0 Å². The van der Waals surface area contributed by atoms with Crippen LogP contribution in [0.4, 0.5) is 5.69 Å². The van der Waals surface area contributed by atoms with Crippen LogP contribution in [0.15, 0.2) is 53.3 Å². The van der Waals surface area contributed by atoms with Gasteiger partial charge in [-0.05, 0) is 31.0 Å². The first-order valence-corrected chi connectivity index (χ1v) is 7.66. The van der Waals surface area contributed by atoms with Gasteiger partial charge in [0.1, 0.15) is 5.82 Å². The van der Waals surface area contributed by atoms with Gasteiger partial charge in [0.05, 0.1) is 10.9 Å². The highest BCUT2D eigenvalue weighted by molar-refractivity contribution is 5.83. The van der Waals surface area contributed by atoms with Crippen molar-refractivity contribution in [2.24, 2.45) is 0 Å². The van der Waals surface area contributed by atoms with Crippen LogP contribution in [0.3, 0.4) is 0 Å². The third kappa shape index (κ3) is 2.26. The quantitative estimate of drug-likeness (QED) is 0.789. The molecule has 1 aliphatic rings. The van der Waals surface area contributed by atoms with E-state index in [4.69, 9.17) is 0 Å². The Hall–Kier alpha value is -2.62. The molecule has 0 amide bonds. The topological polar surface area (TPSA) is 49.0 Å². The zero-order chi connectivity index (χ0) is 14.9. The minimum Gasteiger partial charge on any atom is -0.372 e. The van der Waals surface area contributed by atoms with Crippen molar-refractivity contribution in [3.8, 4) is 11.4 Å². The van der Waals surface area contributed by atoms with Gasteiger partial charge in [-0.25, -0.2) is 4.98 Å². The molecule has 0 atom stereocenters. The smallest absolute Gasteiger partial charge is 0.259 e. The van der Waals surface area contributed by atoms with E-state index in [1.807, 2.05) is 42.5 Å². The zero-order valence-electron chi connectivity index (χ0n) is 12.2. The number of nitrogens with zero attached hydrogens (tertiary/aromatic N) is 2. The molecule has 0 spiro atoms. The maximum absolute atomic E-state index is 12.4. The first-order valence-electron chi connectivity index (χ1n) is 7.66. The van der Waals surface area contributed by atoms with E-state index in [1.165, 1.54) is 12.8 Å². The van der Waals surface area contributed by atoms with Crippen LogP contribution in [-0.2, 0) is 0 Å². The SMILES string of the molecule is O=c1[nH]c(-c2ccccc2)nc2ccc(N3CCCC3)cc12. The lowest BCUT2D eigenvalue weighted by molar-refractivity contribution is 0.949. The van der Waals surface area contributed by atoms with Gasteiger partial charge in [0.15, 0.2) is 0 Å². The number of H-pyrrole nitrogens is 1. The van der Waals surface area contributed by atoms with E-state index >= 15 is 0 Å². The molecule has 1 fully saturated rings. The summed E-state index contributed by atoms with van der Waals surface area (Å²) < 4.78 is 0. The maximum atomic E-state index is 12.4. The number of rotatable bonds is 2. The molecule has 1 aliphatic heterocycles. The Kier molecular flexibility index (Phi) is 3.15. The number of anilines is 1. The van der Waals surface area contributed by atoms with Crippen LogP contribution in [-0.4, -0.2) is 23.1 Å². The number of aromatic nitrogens is 2. The van der Waals surface area contributed by atoms with Gasteiger partial charge in [-0.15, -0.1) is 0 Å². The lowest BCUT2D eigenvalue weighted by atomic mass is 10.1. The van der Waals surface area contributed by atoms with Crippen LogP contribution in [0.1, 0.15) is 12.8 Å². The van der Waals surface area contributed by atoms with Crippen LogP contribution in [0.25, 0.3) is 22.3 Å². The molecular formula is C18H17N3O. The Labute approximate surface area is 128 Å². The third-order valence-corrected chi connectivity index (χ3v) is 4.21. The van der Waals surface area contributed by atoms with E-state index < -0.39 is 0 Å². The largest absolute Gasteiger partial charge is 0.372 e. The molecule has 4 nitrogen and oxygen atoms in total. The molecule has 1 N–H and O–H groups in total. The first kappa shape index (κ1) is 13.1. The van der Waals surface area contributed by atoms with E-state index in [2.05, 4.69) is 20.9 Å². The molecule has 2 aromatic carbocycles. The van der Waals surface area contributed by atoms with Gasteiger partial charge in [0.2, 0.25) is 0 Å². The fourth-order valence-corrected chi connectivity index (χ4v) is 3.03. The number of nitrogens with one attached hydrogen (secondary N) is 1. The fraction of sp³-hybridized carbons (Fsp3) is 0.222. The Morgan fingerprint density at radius 2 is 1.77 bits per heavy atom. The summed E-state index contributed by atoms with van der Waals surface area (Å²) in [6, 6.07) is 15.7. The average molecular weight is 291 g/mol. The third-order valence-electron chi connectivity index (χ3n) is 4.21. The minimum absolute atomic E-state index is 0.0788. The number of fused-ring (bicyclic) bond motifs is 1. The molecule has 110 valence electrons. The van der Waals surface area contributed by atoms with E-state index in [-0.39, 0.29) is 5.56 Å². The Bertz CT molecular complexity index is 864. The van der Waals surface area contributed by atoms with Crippen molar-refractivity contribution >= 4 is 16.6 Å². The highest BCUT2D eigenvalue weighted by Crippen LogP contribution is 2.23. The standard InChI is InChI=1S/C18H17N3O/c22-18-15-12-14(21-10-4-5-11-21)8-9-16(15)19-17(20-18)13-6-2-1-3-7-13/h1-3,6-9,12H,4-5,10-11H2,(H,19,20,22). The molecule has 0 unspecified atom stereocenters. The van der Waals surface area contributed by atoms with Crippen molar-refractivity contribution in [1.82, 2.24) is 9.97 Å². The summed E-state index contributed by atoms with van der Waals surface area (Å²) in [5.41, 5.74) is 2.70. The summed E-state index contributed by atoms with van der Waals surface area (Å²) in [7, 11) is 0. The van der Waals surface area contributed by atoms with Gasteiger partial charge in [0.25, 0.3) is 5.56 Å². The highest BCUT2D eigenvalue weighted by Gasteiger charge is 2.14. The van der Waals surface area contributed by atoms with E-state index in [9.17, 15) is 4.79 Å². The van der Waals surface area contributed by atoms with Gasteiger partial charge in [-0.3, -0.25) is 4.79 Å². The Balaban J connectivity index is 1.83. The lowest BCUT2D eigenvalue weighted by Crippen LogP contribution is -2.18.